The Morgan fingerprint density at radius 1 is 1.06 bits per heavy atom. The molecule has 0 saturated carbocycles. The number of aliphatic hydroxyl groups is 1. The highest BCUT2D eigenvalue weighted by Crippen LogP contribution is 2.43. The van der Waals surface area contributed by atoms with Gasteiger partial charge in [-0.05, 0) is 28.7 Å². The van der Waals surface area contributed by atoms with Crippen LogP contribution in [0.25, 0.3) is 5.76 Å². The van der Waals surface area contributed by atoms with Crippen molar-refractivity contribution < 1.29 is 14.7 Å². The Morgan fingerprint density at radius 3 is 2.26 bits per heavy atom. The van der Waals surface area contributed by atoms with Crippen LogP contribution in [0, 0.1) is 0 Å². The van der Waals surface area contributed by atoms with Gasteiger partial charge in [0.15, 0.2) is 5.13 Å². The quantitative estimate of drug-likeness (QED) is 0.281. The van der Waals surface area contributed by atoms with E-state index >= 15 is 0 Å². The summed E-state index contributed by atoms with van der Waals surface area (Å²) in [5, 5.41) is 13.2. The van der Waals surface area contributed by atoms with Crippen molar-refractivity contribution in [2.24, 2.45) is 0 Å². The van der Waals surface area contributed by atoms with Crippen LogP contribution in [0.1, 0.15) is 43.5 Å². The van der Waals surface area contributed by atoms with Crippen molar-refractivity contribution in [3.8, 4) is 0 Å². The summed E-state index contributed by atoms with van der Waals surface area (Å²) in [5.74, 6) is -1.62. The normalized spacial score (nSPS) is 18.6. The minimum absolute atomic E-state index is 0.0346. The number of anilines is 1. The number of Topliss-reactive ketones (excluding diaryl/α,β-unsaturated/α-hetero) is 1. The number of carbonyl (C=O) groups excluding carboxylic acids is 2. The minimum atomic E-state index is -0.760. The molecule has 0 aliphatic carbocycles. The number of aliphatic hydroxyl groups excluding tert-OH is 1. The van der Waals surface area contributed by atoms with Crippen molar-refractivity contribution >= 4 is 49.8 Å². The van der Waals surface area contributed by atoms with Crippen LogP contribution in [0.4, 0.5) is 5.13 Å². The second-order valence-electron chi connectivity index (χ2n) is 8.36. The number of nitrogens with zero attached hydrogens (tertiary/aromatic N) is 2. The van der Waals surface area contributed by atoms with Crippen molar-refractivity contribution in [1.82, 2.24) is 4.98 Å². The summed E-state index contributed by atoms with van der Waals surface area (Å²) in [5.41, 5.74) is 2.37. The highest BCUT2D eigenvalue weighted by Gasteiger charge is 2.48. The Labute approximate surface area is 193 Å². The predicted octanol–water partition coefficient (Wildman–Crippen LogP) is 5.83. The first kappa shape index (κ1) is 21.5. The Bertz CT molecular complexity index is 1160. The van der Waals surface area contributed by atoms with Gasteiger partial charge >= 0.3 is 5.91 Å². The summed E-state index contributed by atoms with van der Waals surface area (Å²) in [7, 11) is 0. The van der Waals surface area contributed by atoms with E-state index in [0.29, 0.717) is 10.7 Å². The van der Waals surface area contributed by atoms with E-state index in [1.807, 2.05) is 24.3 Å². The number of rotatable bonds is 3. The smallest absolute Gasteiger partial charge is 0.301 e. The first-order chi connectivity index (χ1) is 14.7. The number of carbonyl (C=O) groups is 2. The third kappa shape index (κ3) is 3.95. The largest absolute Gasteiger partial charge is 0.507 e. The molecule has 1 aliphatic heterocycles. The molecule has 2 aromatic carbocycles. The lowest BCUT2D eigenvalue weighted by molar-refractivity contribution is -0.132. The van der Waals surface area contributed by atoms with Gasteiger partial charge in [0.05, 0.1) is 11.6 Å². The zero-order chi connectivity index (χ0) is 22.3. The van der Waals surface area contributed by atoms with E-state index in [-0.39, 0.29) is 16.7 Å². The summed E-state index contributed by atoms with van der Waals surface area (Å²) >= 11 is 4.65. The van der Waals surface area contributed by atoms with E-state index in [2.05, 4.69) is 41.7 Å². The molecule has 0 radical (unpaired) electrons. The third-order valence-corrected chi connectivity index (χ3v) is 6.58. The predicted molar refractivity (Wildman–Crippen MR) is 126 cm³/mol. The van der Waals surface area contributed by atoms with Crippen molar-refractivity contribution in [2.45, 2.75) is 32.2 Å². The second-order valence-corrected chi connectivity index (χ2v) is 10.2. The fraction of sp³-hybridized carbons (Fsp3) is 0.208. The molecule has 1 aromatic heterocycles. The van der Waals surface area contributed by atoms with E-state index in [1.165, 1.54) is 16.2 Å². The molecule has 0 spiro atoms. The molecule has 4 rings (SSSR count). The van der Waals surface area contributed by atoms with Gasteiger partial charge in [-0.15, -0.1) is 11.3 Å². The van der Waals surface area contributed by atoms with E-state index in [4.69, 9.17) is 0 Å². The van der Waals surface area contributed by atoms with Gasteiger partial charge in [0, 0.05) is 21.6 Å². The summed E-state index contributed by atoms with van der Waals surface area (Å²) < 4.78 is 0.849. The Balaban J connectivity index is 1.90. The SMILES string of the molecule is CC(C)(C)c1ccc(C2C(=C(O)c3ccc(Br)cc3)C(=O)C(=O)N2c2nccs2)cc1. The van der Waals surface area contributed by atoms with Crippen LogP contribution in [0.15, 0.2) is 70.2 Å². The molecule has 1 aliphatic rings. The van der Waals surface area contributed by atoms with Gasteiger partial charge in [-0.1, -0.05) is 73.1 Å². The fourth-order valence-electron chi connectivity index (χ4n) is 3.61. The third-order valence-electron chi connectivity index (χ3n) is 5.28. The van der Waals surface area contributed by atoms with Gasteiger partial charge in [0.1, 0.15) is 5.76 Å². The summed E-state index contributed by atoms with van der Waals surface area (Å²) in [6.45, 7) is 6.37. The lowest BCUT2D eigenvalue weighted by atomic mass is 9.85. The van der Waals surface area contributed by atoms with E-state index in [1.54, 1.807) is 35.8 Å². The maximum atomic E-state index is 13.1. The number of benzene rings is 2. The standard InChI is InChI=1S/C24H21BrN2O3S/c1-24(2,3)16-8-4-14(5-9-16)19-18(20(28)15-6-10-17(25)11-7-15)21(29)22(30)27(19)23-26-12-13-31-23/h4-13,19,28H,1-3H3. The number of thiazole rings is 1. The second kappa shape index (κ2) is 8.05. The van der Waals surface area contributed by atoms with E-state index < -0.39 is 17.7 Å². The number of aromatic nitrogens is 1. The molecule has 0 bridgehead atoms. The van der Waals surface area contributed by atoms with Gasteiger partial charge in [-0.2, -0.15) is 0 Å². The number of hydrogen-bond acceptors (Lipinski definition) is 5. The highest BCUT2D eigenvalue weighted by molar-refractivity contribution is 9.10. The summed E-state index contributed by atoms with van der Waals surface area (Å²) in [6.07, 6.45) is 1.59. The lowest BCUT2D eigenvalue weighted by Gasteiger charge is -2.24. The van der Waals surface area contributed by atoms with Crippen molar-refractivity contribution in [3.63, 3.8) is 0 Å². The van der Waals surface area contributed by atoms with Crippen LogP contribution >= 0.6 is 27.3 Å². The van der Waals surface area contributed by atoms with E-state index in [0.717, 1.165) is 15.6 Å². The van der Waals surface area contributed by atoms with Crippen LogP contribution in [-0.2, 0) is 15.0 Å². The molecule has 158 valence electrons. The first-order valence-corrected chi connectivity index (χ1v) is 11.4. The maximum absolute atomic E-state index is 13.1. The van der Waals surface area contributed by atoms with E-state index in [9.17, 15) is 14.7 Å². The van der Waals surface area contributed by atoms with Gasteiger partial charge in [-0.25, -0.2) is 4.98 Å². The molecule has 1 N–H and O–H groups in total. The molecule has 1 unspecified atom stereocenters. The average molecular weight is 497 g/mol. The van der Waals surface area contributed by atoms with Crippen LogP contribution in [-0.4, -0.2) is 21.8 Å². The number of hydrogen-bond donors (Lipinski definition) is 1. The molecule has 2 heterocycles. The van der Waals surface area contributed by atoms with Gasteiger partial charge in [0.2, 0.25) is 0 Å². The molecular weight excluding hydrogens is 476 g/mol. The van der Waals surface area contributed by atoms with Crippen molar-refractivity contribution in [3.05, 3.63) is 86.8 Å². The van der Waals surface area contributed by atoms with Crippen LogP contribution in [0.2, 0.25) is 0 Å². The molecule has 5 nitrogen and oxygen atoms in total. The average Bonchev–Trinajstić information content (AvgIpc) is 3.34. The molecular formula is C24H21BrN2O3S. The van der Waals surface area contributed by atoms with Crippen LogP contribution in [0.5, 0.6) is 0 Å². The summed E-state index contributed by atoms with van der Waals surface area (Å²) in [4.78, 5) is 31.7. The van der Waals surface area contributed by atoms with Crippen LogP contribution in [0.3, 0.4) is 0 Å². The van der Waals surface area contributed by atoms with Gasteiger partial charge in [-0.3, -0.25) is 14.5 Å². The summed E-state index contributed by atoms with van der Waals surface area (Å²) in [6, 6.07) is 14.0. The Kier molecular flexibility index (Phi) is 5.58. The fourth-order valence-corrected chi connectivity index (χ4v) is 4.54. The molecule has 1 fully saturated rings. The highest BCUT2D eigenvalue weighted by atomic mass is 79.9. The number of amides is 1. The first-order valence-electron chi connectivity index (χ1n) is 9.75. The molecule has 1 saturated heterocycles. The lowest BCUT2D eigenvalue weighted by Crippen LogP contribution is -2.29. The number of ketones is 1. The minimum Gasteiger partial charge on any atom is -0.507 e. The molecule has 1 amide bonds. The zero-order valence-corrected chi connectivity index (χ0v) is 19.7. The van der Waals surface area contributed by atoms with Crippen molar-refractivity contribution in [1.29, 1.82) is 0 Å². The zero-order valence-electron chi connectivity index (χ0n) is 17.3. The monoisotopic (exact) mass is 496 g/mol. The Morgan fingerprint density at radius 2 is 1.71 bits per heavy atom. The number of halogens is 1. The molecule has 3 aromatic rings. The van der Waals surface area contributed by atoms with Gasteiger partial charge < -0.3 is 5.11 Å². The molecule has 1 atom stereocenters. The van der Waals surface area contributed by atoms with Crippen LogP contribution < -0.4 is 4.90 Å². The maximum Gasteiger partial charge on any atom is 0.301 e. The van der Waals surface area contributed by atoms with Gasteiger partial charge in [0.25, 0.3) is 5.78 Å². The van der Waals surface area contributed by atoms with Crippen molar-refractivity contribution in [2.75, 3.05) is 4.90 Å². The molecule has 7 heteroatoms. The topological polar surface area (TPSA) is 70.5 Å². The Hall–Kier alpha value is -2.77. The molecule has 31 heavy (non-hydrogen) atoms.